The molecule has 0 radical (unpaired) electrons. The Balaban J connectivity index is 2.25. The van der Waals surface area contributed by atoms with Crippen LogP contribution in [0.2, 0.25) is 0 Å². The van der Waals surface area contributed by atoms with Crippen molar-refractivity contribution >= 4 is 33.2 Å². The monoisotopic (exact) mass is 275 g/mol. The zero-order valence-electron chi connectivity index (χ0n) is 8.34. The van der Waals surface area contributed by atoms with Gasteiger partial charge in [0.1, 0.15) is 0 Å². The van der Waals surface area contributed by atoms with Gasteiger partial charge in [0.25, 0.3) is 0 Å². The third-order valence-electron chi connectivity index (χ3n) is 1.82. The van der Waals surface area contributed by atoms with Crippen molar-refractivity contribution in [1.82, 2.24) is 5.32 Å². The zero-order chi connectivity index (χ0) is 10.6. The molecule has 4 heteroatoms. The maximum Gasteiger partial charge on any atom is 0.222 e. The summed E-state index contributed by atoms with van der Waals surface area (Å²) in [7, 11) is 0. The standard InChI is InChI=1S/C10H14BrNOS/c1-7(2)10(13)12-4-3-9-5-8(11)6-14-9/h5-7H,3-4H2,1-2H3,(H,12,13). The molecule has 1 aromatic heterocycles. The van der Waals surface area contributed by atoms with Crippen molar-refractivity contribution in [3.8, 4) is 0 Å². The molecular formula is C10H14BrNOS. The maximum atomic E-state index is 11.2. The van der Waals surface area contributed by atoms with Gasteiger partial charge in [-0.2, -0.15) is 0 Å². The number of hydrogen-bond donors (Lipinski definition) is 1. The van der Waals surface area contributed by atoms with Gasteiger partial charge in [0, 0.05) is 27.2 Å². The minimum absolute atomic E-state index is 0.0741. The van der Waals surface area contributed by atoms with E-state index in [1.165, 1.54) is 4.88 Å². The fraction of sp³-hybridized carbons (Fsp3) is 0.500. The van der Waals surface area contributed by atoms with Gasteiger partial charge in [-0.25, -0.2) is 0 Å². The number of carbonyl (C=O) groups excluding carboxylic acids is 1. The van der Waals surface area contributed by atoms with Crippen LogP contribution < -0.4 is 5.32 Å². The topological polar surface area (TPSA) is 29.1 Å². The molecule has 0 atom stereocenters. The van der Waals surface area contributed by atoms with Crippen LogP contribution in [0, 0.1) is 5.92 Å². The quantitative estimate of drug-likeness (QED) is 0.900. The normalized spacial score (nSPS) is 10.6. The summed E-state index contributed by atoms with van der Waals surface area (Å²) in [6.07, 6.45) is 0.911. The van der Waals surface area contributed by atoms with Crippen LogP contribution >= 0.6 is 27.3 Å². The van der Waals surface area contributed by atoms with E-state index in [-0.39, 0.29) is 11.8 Å². The Morgan fingerprint density at radius 3 is 2.86 bits per heavy atom. The summed E-state index contributed by atoms with van der Waals surface area (Å²) in [6, 6.07) is 2.09. The van der Waals surface area contributed by atoms with Crippen molar-refractivity contribution in [1.29, 1.82) is 0 Å². The van der Waals surface area contributed by atoms with Crippen molar-refractivity contribution in [3.05, 3.63) is 20.8 Å². The van der Waals surface area contributed by atoms with E-state index in [4.69, 9.17) is 0 Å². The number of carbonyl (C=O) groups is 1. The molecule has 0 aliphatic carbocycles. The highest BCUT2D eigenvalue weighted by molar-refractivity contribution is 9.10. The average Bonchev–Trinajstić information content (AvgIpc) is 2.51. The molecule has 14 heavy (non-hydrogen) atoms. The van der Waals surface area contributed by atoms with E-state index in [1.54, 1.807) is 11.3 Å². The summed E-state index contributed by atoms with van der Waals surface area (Å²) in [4.78, 5) is 12.5. The van der Waals surface area contributed by atoms with Gasteiger partial charge in [0.15, 0.2) is 0 Å². The second-order valence-corrected chi connectivity index (χ2v) is 5.34. The van der Waals surface area contributed by atoms with Gasteiger partial charge in [0.2, 0.25) is 5.91 Å². The molecule has 1 aromatic rings. The van der Waals surface area contributed by atoms with E-state index < -0.39 is 0 Å². The third-order valence-corrected chi connectivity index (χ3v) is 3.57. The summed E-state index contributed by atoms with van der Waals surface area (Å²) in [6.45, 7) is 4.53. The van der Waals surface area contributed by atoms with E-state index in [1.807, 2.05) is 13.8 Å². The Bertz CT molecular complexity index is 309. The summed E-state index contributed by atoms with van der Waals surface area (Å²) >= 11 is 5.11. The number of thiophene rings is 1. The van der Waals surface area contributed by atoms with Crippen LogP contribution in [0.4, 0.5) is 0 Å². The molecule has 78 valence electrons. The lowest BCUT2D eigenvalue weighted by Crippen LogP contribution is -2.29. The van der Waals surface area contributed by atoms with E-state index in [9.17, 15) is 4.79 Å². The predicted molar refractivity (Wildman–Crippen MR) is 63.6 cm³/mol. The number of halogens is 1. The average molecular weight is 276 g/mol. The molecule has 1 rings (SSSR count). The molecule has 1 heterocycles. The van der Waals surface area contributed by atoms with Gasteiger partial charge >= 0.3 is 0 Å². The number of hydrogen-bond acceptors (Lipinski definition) is 2. The molecule has 1 amide bonds. The van der Waals surface area contributed by atoms with E-state index in [0.29, 0.717) is 0 Å². The van der Waals surface area contributed by atoms with Gasteiger partial charge in [0.05, 0.1) is 0 Å². The SMILES string of the molecule is CC(C)C(=O)NCCc1cc(Br)cs1. The summed E-state index contributed by atoms with van der Waals surface area (Å²) in [5.74, 6) is 0.200. The first kappa shape index (κ1) is 11.7. The maximum absolute atomic E-state index is 11.2. The second kappa shape index (κ2) is 5.51. The molecule has 0 fully saturated rings. The number of nitrogens with one attached hydrogen (secondary N) is 1. The highest BCUT2D eigenvalue weighted by Crippen LogP contribution is 2.19. The molecule has 0 aromatic carbocycles. The highest BCUT2D eigenvalue weighted by Gasteiger charge is 2.05. The molecular weight excluding hydrogens is 262 g/mol. The Morgan fingerprint density at radius 2 is 2.36 bits per heavy atom. The second-order valence-electron chi connectivity index (χ2n) is 3.43. The lowest BCUT2D eigenvalue weighted by molar-refractivity contribution is -0.123. The lowest BCUT2D eigenvalue weighted by Gasteiger charge is -2.05. The van der Waals surface area contributed by atoms with Crippen LogP contribution in [0.25, 0.3) is 0 Å². The third kappa shape index (κ3) is 3.80. The van der Waals surface area contributed by atoms with Crippen molar-refractivity contribution in [3.63, 3.8) is 0 Å². The first-order valence-corrected chi connectivity index (χ1v) is 6.27. The fourth-order valence-electron chi connectivity index (χ4n) is 0.998. The Kier molecular flexibility index (Phi) is 4.62. The summed E-state index contributed by atoms with van der Waals surface area (Å²) in [5.41, 5.74) is 0. The molecule has 1 N–H and O–H groups in total. The van der Waals surface area contributed by atoms with Crippen LogP contribution in [0.15, 0.2) is 15.9 Å². The molecule has 0 bridgehead atoms. The Morgan fingerprint density at radius 1 is 1.64 bits per heavy atom. The molecule has 0 spiro atoms. The van der Waals surface area contributed by atoms with Crippen molar-refractivity contribution in [2.45, 2.75) is 20.3 Å². The van der Waals surface area contributed by atoms with Crippen LogP contribution in [0.3, 0.4) is 0 Å². The minimum Gasteiger partial charge on any atom is -0.356 e. The molecule has 0 saturated heterocycles. The fourth-order valence-corrected chi connectivity index (χ4v) is 2.45. The van der Waals surface area contributed by atoms with Gasteiger partial charge in [-0.3, -0.25) is 4.79 Å². The van der Waals surface area contributed by atoms with Crippen LogP contribution in [-0.4, -0.2) is 12.5 Å². The van der Waals surface area contributed by atoms with E-state index >= 15 is 0 Å². The smallest absolute Gasteiger partial charge is 0.222 e. The van der Waals surface area contributed by atoms with E-state index in [2.05, 4.69) is 32.7 Å². The molecule has 0 aliphatic heterocycles. The van der Waals surface area contributed by atoms with Crippen molar-refractivity contribution < 1.29 is 4.79 Å². The Hall–Kier alpha value is -0.350. The minimum atomic E-state index is 0.0741. The summed E-state index contributed by atoms with van der Waals surface area (Å²) in [5, 5.41) is 4.95. The van der Waals surface area contributed by atoms with E-state index in [0.717, 1.165) is 17.4 Å². The van der Waals surface area contributed by atoms with Crippen LogP contribution in [0.5, 0.6) is 0 Å². The molecule has 0 saturated carbocycles. The van der Waals surface area contributed by atoms with Gasteiger partial charge < -0.3 is 5.32 Å². The van der Waals surface area contributed by atoms with Crippen molar-refractivity contribution in [2.24, 2.45) is 5.92 Å². The van der Waals surface area contributed by atoms with Crippen molar-refractivity contribution in [2.75, 3.05) is 6.54 Å². The van der Waals surface area contributed by atoms with Gasteiger partial charge in [-0.15, -0.1) is 11.3 Å². The highest BCUT2D eigenvalue weighted by atomic mass is 79.9. The van der Waals surface area contributed by atoms with Gasteiger partial charge in [-0.1, -0.05) is 13.8 Å². The zero-order valence-corrected chi connectivity index (χ0v) is 10.7. The first-order chi connectivity index (χ1) is 6.59. The molecule has 0 aliphatic rings. The number of rotatable bonds is 4. The summed E-state index contributed by atoms with van der Waals surface area (Å²) < 4.78 is 1.12. The van der Waals surface area contributed by atoms with Crippen LogP contribution in [-0.2, 0) is 11.2 Å². The largest absolute Gasteiger partial charge is 0.356 e. The van der Waals surface area contributed by atoms with Gasteiger partial charge in [-0.05, 0) is 28.4 Å². The number of amides is 1. The molecule has 0 unspecified atom stereocenters. The first-order valence-electron chi connectivity index (χ1n) is 4.60. The van der Waals surface area contributed by atoms with Crippen LogP contribution in [0.1, 0.15) is 18.7 Å². The lowest BCUT2D eigenvalue weighted by atomic mass is 10.2. The predicted octanol–water partition coefficient (Wildman–Crippen LogP) is 2.83. The Labute approximate surface area is 96.8 Å². The molecule has 2 nitrogen and oxygen atoms in total.